The molecular formula is C12H15BrClNO. The number of benzene rings is 1. The highest BCUT2D eigenvalue weighted by atomic mass is 79.9. The van der Waals surface area contributed by atoms with Gasteiger partial charge in [0.2, 0.25) is 0 Å². The predicted molar refractivity (Wildman–Crippen MR) is 71.4 cm³/mol. The van der Waals surface area contributed by atoms with Crippen LogP contribution < -0.4 is 0 Å². The lowest BCUT2D eigenvalue weighted by Crippen LogP contribution is -2.28. The highest BCUT2D eigenvalue weighted by Gasteiger charge is 2.14. The van der Waals surface area contributed by atoms with Crippen molar-refractivity contribution in [2.75, 3.05) is 13.6 Å². The Bertz CT molecular complexity index is 368. The van der Waals surface area contributed by atoms with Crippen molar-refractivity contribution >= 4 is 33.4 Å². The average molecular weight is 305 g/mol. The zero-order valence-corrected chi connectivity index (χ0v) is 11.8. The van der Waals surface area contributed by atoms with Crippen LogP contribution in [0.3, 0.4) is 0 Å². The van der Waals surface area contributed by atoms with E-state index in [2.05, 4.69) is 22.9 Å². The lowest BCUT2D eigenvalue weighted by molar-refractivity contribution is 0.0794. The summed E-state index contributed by atoms with van der Waals surface area (Å²) in [6, 6.07) is 7.12. The van der Waals surface area contributed by atoms with Crippen molar-refractivity contribution in [1.29, 1.82) is 0 Å². The molecule has 0 aliphatic heterocycles. The van der Waals surface area contributed by atoms with E-state index in [-0.39, 0.29) is 5.91 Å². The fourth-order valence-electron chi connectivity index (χ4n) is 1.31. The van der Waals surface area contributed by atoms with E-state index < -0.39 is 0 Å². The zero-order valence-electron chi connectivity index (χ0n) is 9.41. The maximum absolute atomic E-state index is 12.0. The van der Waals surface area contributed by atoms with Gasteiger partial charge in [-0.2, -0.15) is 0 Å². The van der Waals surface area contributed by atoms with Crippen LogP contribution in [0.5, 0.6) is 0 Å². The average Bonchev–Trinajstić information content (AvgIpc) is 2.25. The van der Waals surface area contributed by atoms with Gasteiger partial charge in [-0.15, -0.1) is 0 Å². The Morgan fingerprint density at radius 3 is 2.69 bits per heavy atom. The van der Waals surface area contributed by atoms with Gasteiger partial charge in [0.15, 0.2) is 0 Å². The molecule has 1 amide bonds. The number of hydrogen-bond donors (Lipinski definition) is 0. The summed E-state index contributed by atoms with van der Waals surface area (Å²) in [7, 11) is 1.79. The van der Waals surface area contributed by atoms with Crippen LogP contribution in [0, 0.1) is 0 Å². The number of carbonyl (C=O) groups is 1. The number of hydrogen-bond acceptors (Lipinski definition) is 1. The largest absolute Gasteiger partial charge is 0.342 e. The first-order valence-electron chi connectivity index (χ1n) is 5.16. The molecule has 1 aromatic rings. The Balaban J connectivity index is 2.67. The van der Waals surface area contributed by atoms with Crippen molar-refractivity contribution in [1.82, 2.24) is 4.90 Å². The van der Waals surface area contributed by atoms with E-state index in [1.807, 2.05) is 12.1 Å². The summed E-state index contributed by atoms with van der Waals surface area (Å²) in [5.41, 5.74) is 0.564. The summed E-state index contributed by atoms with van der Waals surface area (Å²) in [5.74, 6) is -0.0289. The first-order chi connectivity index (χ1) is 7.52. The van der Waals surface area contributed by atoms with Gasteiger partial charge in [-0.3, -0.25) is 4.79 Å². The van der Waals surface area contributed by atoms with Crippen molar-refractivity contribution in [2.45, 2.75) is 18.2 Å². The molecule has 0 aliphatic rings. The van der Waals surface area contributed by atoms with Crippen LogP contribution in [0.1, 0.15) is 23.7 Å². The van der Waals surface area contributed by atoms with Crippen LogP contribution in [-0.2, 0) is 0 Å². The maximum Gasteiger partial charge on any atom is 0.255 e. The molecule has 1 rings (SSSR count). The number of halogens is 2. The molecule has 88 valence electrons. The molecule has 4 heteroatoms. The minimum atomic E-state index is -0.0289. The van der Waals surface area contributed by atoms with Crippen LogP contribution >= 0.6 is 27.5 Å². The van der Waals surface area contributed by atoms with Gasteiger partial charge in [-0.05, 0) is 18.6 Å². The lowest BCUT2D eigenvalue weighted by atomic mass is 10.2. The number of rotatable bonds is 4. The van der Waals surface area contributed by atoms with E-state index in [1.54, 1.807) is 24.1 Å². The van der Waals surface area contributed by atoms with E-state index in [9.17, 15) is 4.79 Å². The molecule has 0 spiro atoms. The molecule has 0 bridgehead atoms. The van der Waals surface area contributed by atoms with Crippen LogP contribution in [0.2, 0.25) is 5.02 Å². The van der Waals surface area contributed by atoms with Gasteiger partial charge >= 0.3 is 0 Å². The predicted octanol–water partition coefficient (Wildman–Crippen LogP) is 3.59. The Labute approximate surface area is 110 Å². The van der Waals surface area contributed by atoms with E-state index in [4.69, 9.17) is 11.6 Å². The Morgan fingerprint density at radius 2 is 2.12 bits per heavy atom. The third-order valence-corrected chi connectivity index (χ3v) is 3.10. The third kappa shape index (κ3) is 3.80. The molecule has 16 heavy (non-hydrogen) atoms. The summed E-state index contributed by atoms with van der Waals surface area (Å²) in [6.07, 6.45) is 0.923. The number of carbonyl (C=O) groups excluding carboxylic acids is 1. The molecule has 0 heterocycles. The summed E-state index contributed by atoms with van der Waals surface area (Å²) < 4.78 is 0. The molecule has 0 saturated heterocycles. The molecule has 0 radical (unpaired) electrons. The van der Waals surface area contributed by atoms with Crippen LogP contribution in [0.4, 0.5) is 0 Å². The second-order valence-electron chi connectivity index (χ2n) is 3.78. The quantitative estimate of drug-likeness (QED) is 0.779. The van der Waals surface area contributed by atoms with Crippen LogP contribution in [0.25, 0.3) is 0 Å². The minimum Gasteiger partial charge on any atom is -0.342 e. The molecule has 0 aliphatic carbocycles. The third-order valence-electron chi connectivity index (χ3n) is 2.31. The molecule has 0 fully saturated rings. The van der Waals surface area contributed by atoms with Crippen molar-refractivity contribution in [2.24, 2.45) is 0 Å². The van der Waals surface area contributed by atoms with Gasteiger partial charge in [-0.25, -0.2) is 0 Å². The van der Waals surface area contributed by atoms with Gasteiger partial charge in [0.05, 0.1) is 10.6 Å². The van der Waals surface area contributed by atoms with E-state index >= 15 is 0 Å². The standard InChI is InChI=1S/C12H15BrClNO/c1-9(13)7-8-15(2)12(16)10-5-3-4-6-11(10)14/h3-6,9H,7-8H2,1-2H3. The Morgan fingerprint density at radius 1 is 1.50 bits per heavy atom. The van der Waals surface area contributed by atoms with E-state index in [1.165, 1.54) is 0 Å². The van der Waals surface area contributed by atoms with Crippen molar-refractivity contribution < 1.29 is 4.79 Å². The fourth-order valence-corrected chi connectivity index (χ4v) is 1.73. The number of amides is 1. The highest BCUT2D eigenvalue weighted by Crippen LogP contribution is 2.17. The normalized spacial score (nSPS) is 12.2. The first kappa shape index (κ1) is 13.5. The fraction of sp³-hybridized carbons (Fsp3) is 0.417. The van der Waals surface area contributed by atoms with Gasteiger partial charge in [0, 0.05) is 18.4 Å². The number of alkyl halides is 1. The molecule has 0 aromatic heterocycles. The second kappa shape index (κ2) is 6.26. The highest BCUT2D eigenvalue weighted by molar-refractivity contribution is 9.09. The van der Waals surface area contributed by atoms with Crippen LogP contribution in [-0.4, -0.2) is 29.2 Å². The Kier molecular flexibility index (Phi) is 5.29. The minimum absolute atomic E-state index is 0.0289. The maximum atomic E-state index is 12.0. The molecule has 0 N–H and O–H groups in total. The molecular weight excluding hydrogens is 289 g/mol. The monoisotopic (exact) mass is 303 g/mol. The molecule has 1 atom stereocenters. The summed E-state index contributed by atoms with van der Waals surface area (Å²) in [4.78, 5) is 14.1. The van der Waals surface area contributed by atoms with Gasteiger partial charge in [0.1, 0.15) is 0 Å². The SMILES string of the molecule is CC(Br)CCN(C)C(=O)c1ccccc1Cl. The first-order valence-corrected chi connectivity index (χ1v) is 6.45. The van der Waals surface area contributed by atoms with Gasteiger partial charge < -0.3 is 4.90 Å². The topological polar surface area (TPSA) is 20.3 Å². The second-order valence-corrected chi connectivity index (χ2v) is 5.75. The lowest BCUT2D eigenvalue weighted by Gasteiger charge is -2.18. The molecule has 2 nitrogen and oxygen atoms in total. The van der Waals surface area contributed by atoms with Crippen molar-refractivity contribution in [3.05, 3.63) is 34.9 Å². The summed E-state index contributed by atoms with van der Waals surface area (Å²) in [5, 5.41) is 0.506. The summed E-state index contributed by atoms with van der Waals surface area (Å²) >= 11 is 9.43. The van der Waals surface area contributed by atoms with E-state index in [0.29, 0.717) is 15.4 Å². The zero-order chi connectivity index (χ0) is 12.1. The van der Waals surface area contributed by atoms with Crippen molar-refractivity contribution in [3.63, 3.8) is 0 Å². The van der Waals surface area contributed by atoms with Crippen LogP contribution in [0.15, 0.2) is 24.3 Å². The Hall–Kier alpha value is -0.540. The molecule has 1 aromatic carbocycles. The number of nitrogens with zero attached hydrogens (tertiary/aromatic N) is 1. The van der Waals surface area contributed by atoms with E-state index in [0.717, 1.165) is 13.0 Å². The van der Waals surface area contributed by atoms with Gasteiger partial charge in [0.25, 0.3) is 5.91 Å². The summed E-state index contributed by atoms with van der Waals surface area (Å²) in [6.45, 7) is 2.78. The molecule has 0 saturated carbocycles. The van der Waals surface area contributed by atoms with Gasteiger partial charge in [-0.1, -0.05) is 46.6 Å². The smallest absolute Gasteiger partial charge is 0.255 e. The molecule has 1 unspecified atom stereocenters. The van der Waals surface area contributed by atoms with Crippen molar-refractivity contribution in [3.8, 4) is 0 Å².